The van der Waals surface area contributed by atoms with Crippen LogP contribution in [0.15, 0.2) is 30.5 Å². The van der Waals surface area contributed by atoms with Gasteiger partial charge in [-0.05, 0) is 31.2 Å². The number of fused-ring (bicyclic) bond motifs is 1. The van der Waals surface area contributed by atoms with Crippen molar-refractivity contribution in [2.75, 3.05) is 17.7 Å². The molecule has 3 aromatic rings. The monoisotopic (exact) mass is 357 g/mol. The van der Waals surface area contributed by atoms with Crippen LogP contribution in [-0.2, 0) is 11.8 Å². The molecule has 8 nitrogen and oxygen atoms in total. The number of carbonyl (C=O) groups excluding carboxylic acids is 2. The predicted molar refractivity (Wildman–Crippen MR) is 93.6 cm³/mol. The molecule has 0 bridgehead atoms. The Balaban J connectivity index is 1.85. The van der Waals surface area contributed by atoms with E-state index in [-0.39, 0.29) is 5.69 Å². The summed E-state index contributed by atoms with van der Waals surface area (Å²) in [6.07, 6.45) is 0.629. The molecule has 0 aliphatic rings. The minimum absolute atomic E-state index is 0.105. The molecule has 0 radical (unpaired) electrons. The van der Waals surface area contributed by atoms with Crippen molar-refractivity contribution in [2.24, 2.45) is 7.05 Å². The molecule has 0 aliphatic heterocycles. The van der Waals surface area contributed by atoms with E-state index in [4.69, 9.17) is 0 Å². The van der Waals surface area contributed by atoms with Gasteiger partial charge in [0, 0.05) is 24.3 Å². The number of amides is 2. The number of methoxy groups -OCH3 is 1. The first-order valence-corrected chi connectivity index (χ1v) is 7.64. The molecule has 0 aliphatic carbocycles. The van der Waals surface area contributed by atoms with Crippen molar-refractivity contribution >= 4 is 34.4 Å². The number of rotatable bonds is 3. The number of pyridine rings is 1. The van der Waals surface area contributed by atoms with Gasteiger partial charge in [0.2, 0.25) is 0 Å². The Hall–Kier alpha value is -3.49. The number of nitrogens with zero attached hydrogens (tertiary/aromatic N) is 3. The van der Waals surface area contributed by atoms with E-state index in [1.165, 1.54) is 25.4 Å². The lowest BCUT2D eigenvalue weighted by Crippen LogP contribution is -2.15. The number of carbonyl (C=O) groups is 2. The zero-order valence-corrected chi connectivity index (χ0v) is 14.3. The lowest BCUT2D eigenvalue weighted by molar-refractivity contribution is 0.102. The zero-order chi connectivity index (χ0) is 18.8. The van der Waals surface area contributed by atoms with Gasteiger partial charge in [0.1, 0.15) is 5.82 Å². The van der Waals surface area contributed by atoms with Gasteiger partial charge in [-0.1, -0.05) is 0 Å². The average molecular weight is 357 g/mol. The van der Waals surface area contributed by atoms with Crippen LogP contribution >= 0.6 is 0 Å². The molecule has 26 heavy (non-hydrogen) atoms. The molecule has 9 heteroatoms. The third-order valence-corrected chi connectivity index (χ3v) is 3.77. The van der Waals surface area contributed by atoms with E-state index in [0.29, 0.717) is 16.9 Å². The van der Waals surface area contributed by atoms with E-state index in [0.717, 1.165) is 17.1 Å². The number of ether oxygens (including phenoxy) is 1. The third kappa shape index (κ3) is 3.32. The third-order valence-electron chi connectivity index (χ3n) is 3.77. The molecule has 0 unspecified atom stereocenters. The van der Waals surface area contributed by atoms with Crippen molar-refractivity contribution < 1.29 is 18.7 Å². The molecule has 3 rings (SSSR count). The number of halogens is 1. The number of aryl methyl sites for hydroxylation is 2. The normalized spacial score (nSPS) is 10.6. The first-order chi connectivity index (χ1) is 12.4. The van der Waals surface area contributed by atoms with Crippen LogP contribution in [0, 0.1) is 12.7 Å². The molecule has 134 valence electrons. The summed E-state index contributed by atoms with van der Waals surface area (Å²) < 4.78 is 19.8. The minimum atomic E-state index is -0.811. The van der Waals surface area contributed by atoms with Gasteiger partial charge >= 0.3 is 6.09 Å². The second-order valence-corrected chi connectivity index (χ2v) is 5.57. The van der Waals surface area contributed by atoms with Gasteiger partial charge in [0.15, 0.2) is 5.65 Å². The Morgan fingerprint density at radius 2 is 2.00 bits per heavy atom. The maximum Gasteiger partial charge on any atom is 0.411 e. The Morgan fingerprint density at radius 3 is 2.73 bits per heavy atom. The molecule has 2 heterocycles. The molecule has 0 saturated carbocycles. The first-order valence-electron chi connectivity index (χ1n) is 7.64. The van der Waals surface area contributed by atoms with E-state index in [1.54, 1.807) is 17.8 Å². The Morgan fingerprint density at radius 1 is 1.23 bits per heavy atom. The summed E-state index contributed by atoms with van der Waals surface area (Å²) in [6.45, 7) is 1.83. The van der Waals surface area contributed by atoms with Gasteiger partial charge in [0.25, 0.3) is 5.91 Å². The molecule has 0 saturated heterocycles. The molecular formula is C17H16FN5O3. The molecule has 0 fully saturated rings. The van der Waals surface area contributed by atoms with Gasteiger partial charge in [-0.25, -0.2) is 14.2 Å². The van der Waals surface area contributed by atoms with Gasteiger partial charge < -0.3 is 10.1 Å². The lowest BCUT2D eigenvalue weighted by Gasteiger charge is -2.09. The van der Waals surface area contributed by atoms with Crippen LogP contribution in [0.2, 0.25) is 0 Å². The highest BCUT2D eigenvalue weighted by Crippen LogP contribution is 2.21. The second kappa shape index (κ2) is 6.79. The van der Waals surface area contributed by atoms with Crippen LogP contribution in [0.3, 0.4) is 0 Å². The lowest BCUT2D eigenvalue weighted by atomic mass is 10.2. The summed E-state index contributed by atoms with van der Waals surface area (Å²) in [6, 6.07) is 5.51. The van der Waals surface area contributed by atoms with E-state index in [1.807, 2.05) is 6.92 Å². The molecule has 1 aromatic carbocycles. The Labute approximate surface area is 148 Å². The highest BCUT2D eigenvalue weighted by Gasteiger charge is 2.13. The highest BCUT2D eigenvalue weighted by molar-refractivity contribution is 6.06. The Bertz CT molecular complexity index is 1020. The number of hydrogen-bond acceptors (Lipinski definition) is 5. The largest absolute Gasteiger partial charge is 0.453 e. The van der Waals surface area contributed by atoms with E-state index in [2.05, 4.69) is 25.5 Å². The number of benzene rings is 1. The predicted octanol–water partition coefficient (Wildman–Crippen LogP) is 2.85. The number of aromatic nitrogens is 3. The van der Waals surface area contributed by atoms with Gasteiger partial charge in [-0.2, -0.15) is 5.10 Å². The van der Waals surface area contributed by atoms with Crippen LogP contribution in [0.25, 0.3) is 11.0 Å². The summed E-state index contributed by atoms with van der Waals surface area (Å²) in [5.41, 5.74) is 1.97. The molecular weight excluding hydrogens is 341 g/mol. The second-order valence-electron chi connectivity index (χ2n) is 5.57. The molecule has 0 spiro atoms. The van der Waals surface area contributed by atoms with Crippen LogP contribution in [-0.4, -0.2) is 33.9 Å². The van der Waals surface area contributed by atoms with Gasteiger partial charge in [-0.3, -0.25) is 14.8 Å². The summed E-state index contributed by atoms with van der Waals surface area (Å²) >= 11 is 0. The smallest absolute Gasteiger partial charge is 0.411 e. The van der Waals surface area contributed by atoms with E-state index >= 15 is 0 Å². The number of hydrogen-bond donors (Lipinski definition) is 2. The summed E-state index contributed by atoms with van der Waals surface area (Å²) in [5.74, 6) is -1.07. The highest BCUT2D eigenvalue weighted by atomic mass is 19.1. The topological polar surface area (TPSA) is 98.1 Å². The summed E-state index contributed by atoms with van der Waals surface area (Å²) in [7, 11) is 2.94. The minimum Gasteiger partial charge on any atom is -0.453 e. The van der Waals surface area contributed by atoms with E-state index < -0.39 is 17.8 Å². The molecule has 2 amide bonds. The van der Waals surface area contributed by atoms with Crippen molar-refractivity contribution in [3.63, 3.8) is 0 Å². The maximum atomic E-state index is 13.7. The fourth-order valence-electron chi connectivity index (χ4n) is 2.50. The number of nitrogens with one attached hydrogen (secondary N) is 2. The van der Waals surface area contributed by atoms with Gasteiger partial charge in [-0.15, -0.1) is 0 Å². The van der Waals surface area contributed by atoms with Crippen molar-refractivity contribution in [3.05, 3.63) is 47.5 Å². The first kappa shape index (κ1) is 17.3. The van der Waals surface area contributed by atoms with Crippen LogP contribution in [0.4, 0.5) is 20.6 Å². The SMILES string of the molecule is COC(=O)Nc1cc(NC(=O)c2cnc3c(c2)c(C)nn3C)ccc1F. The van der Waals surface area contributed by atoms with Crippen LogP contribution in [0.5, 0.6) is 0 Å². The van der Waals surface area contributed by atoms with Crippen molar-refractivity contribution in [3.8, 4) is 0 Å². The van der Waals surface area contributed by atoms with Crippen molar-refractivity contribution in [2.45, 2.75) is 6.92 Å². The summed E-state index contributed by atoms with van der Waals surface area (Å²) in [5, 5.41) is 9.91. The molecule has 2 N–H and O–H groups in total. The fourth-order valence-corrected chi connectivity index (χ4v) is 2.50. The standard InChI is InChI=1S/C17H16FN5O3/c1-9-12-6-10(8-19-15(12)23(2)22-9)16(24)20-11-4-5-13(18)14(7-11)21-17(25)26-3/h4-8H,1-3H3,(H,20,24)(H,21,25). The molecule has 2 aromatic heterocycles. The van der Waals surface area contributed by atoms with Crippen molar-refractivity contribution in [1.29, 1.82) is 0 Å². The van der Waals surface area contributed by atoms with Crippen LogP contribution in [0.1, 0.15) is 16.1 Å². The zero-order valence-electron chi connectivity index (χ0n) is 14.3. The maximum absolute atomic E-state index is 13.7. The average Bonchev–Trinajstić information content (AvgIpc) is 2.91. The molecule has 0 atom stereocenters. The quantitative estimate of drug-likeness (QED) is 0.751. The Kier molecular flexibility index (Phi) is 4.53. The van der Waals surface area contributed by atoms with Crippen molar-refractivity contribution in [1.82, 2.24) is 14.8 Å². The van der Waals surface area contributed by atoms with Crippen LogP contribution < -0.4 is 10.6 Å². The summed E-state index contributed by atoms with van der Waals surface area (Å²) in [4.78, 5) is 28.0. The number of anilines is 2. The van der Waals surface area contributed by atoms with Gasteiger partial charge in [0.05, 0.1) is 24.1 Å². The fraction of sp³-hybridized carbons (Fsp3) is 0.176. The van der Waals surface area contributed by atoms with E-state index in [9.17, 15) is 14.0 Å².